The molecule has 0 bridgehead atoms. The second kappa shape index (κ2) is 7.63. The maximum Gasteiger partial charge on any atom is 0.210 e. The zero-order valence-electron chi connectivity index (χ0n) is 16.4. The van der Waals surface area contributed by atoms with Crippen molar-refractivity contribution in [3.05, 3.63) is 54.5 Å². The van der Waals surface area contributed by atoms with E-state index in [1.807, 2.05) is 0 Å². The molecule has 0 amide bonds. The fourth-order valence-electron chi connectivity index (χ4n) is 3.77. The Morgan fingerprint density at radius 3 is 2.45 bits per heavy atom. The fraction of sp³-hybridized carbons (Fsp3) is 0.318. The third kappa shape index (κ3) is 3.67. The molecular formula is C22H23FN2O3S. The molecule has 0 unspecified atom stereocenters. The number of aromatic nitrogens is 1. The highest BCUT2D eigenvalue weighted by molar-refractivity contribution is 7.91. The van der Waals surface area contributed by atoms with Gasteiger partial charge in [-0.25, -0.2) is 12.8 Å². The predicted octanol–water partition coefficient (Wildman–Crippen LogP) is 4.45. The molecule has 0 atom stereocenters. The second-order valence-corrected chi connectivity index (χ2v) is 9.40. The van der Waals surface area contributed by atoms with Gasteiger partial charge in [0.2, 0.25) is 9.84 Å². The van der Waals surface area contributed by atoms with Crippen molar-refractivity contribution in [1.29, 1.82) is 0 Å². The summed E-state index contributed by atoms with van der Waals surface area (Å²) in [6.45, 7) is 3.64. The minimum atomic E-state index is -3.84. The van der Waals surface area contributed by atoms with E-state index in [4.69, 9.17) is 4.74 Å². The molecule has 1 aromatic heterocycles. The lowest BCUT2D eigenvalue weighted by Crippen LogP contribution is -2.34. The Kier molecular flexibility index (Phi) is 5.17. The number of nitrogens with zero attached hydrogens (tertiary/aromatic N) is 2. The van der Waals surface area contributed by atoms with Gasteiger partial charge in [-0.3, -0.25) is 4.98 Å². The SMILES string of the molecule is COc1ccc(S(=O)(=O)c2cnc3ccc(F)cc3c2N2CCC(C)CC2)cc1. The Morgan fingerprint density at radius 2 is 1.79 bits per heavy atom. The largest absolute Gasteiger partial charge is 0.497 e. The second-order valence-electron chi connectivity index (χ2n) is 7.48. The predicted molar refractivity (Wildman–Crippen MR) is 111 cm³/mol. The lowest BCUT2D eigenvalue weighted by atomic mass is 9.98. The number of pyridine rings is 1. The summed E-state index contributed by atoms with van der Waals surface area (Å²) in [5.74, 6) is 0.746. The van der Waals surface area contributed by atoms with Crippen LogP contribution >= 0.6 is 0 Å². The first-order valence-electron chi connectivity index (χ1n) is 9.62. The molecule has 0 spiro atoms. The van der Waals surface area contributed by atoms with E-state index in [1.165, 1.54) is 37.6 Å². The monoisotopic (exact) mass is 414 g/mol. The van der Waals surface area contributed by atoms with Crippen LogP contribution in [0, 0.1) is 11.7 Å². The molecule has 1 aliphatic heterocycles. The Hall–Kier alpha value is -2.67. The van der Waals surface area contributed by atoms with Crippen LogP contribution in [-0.2, 0) is 9.84 Å². The van der Waals surface area contributed by atoms with Crippen LogP contribution in [0.5, 0.6) is 5.75 Å². The van der Waals surface area contributed by atoms with E-state index in [-0.39, 0.29) is 9.79 Å². The van der Waals surface area contributed by atoms with Crippen molar-refractivity contribution in [2.75, 3.05) is 25.1 Å². The molecule has 0 aliphatic carbocycles. The summed E-state index contributed by atoms with van der Waals surface area (Å²) in [4.78, 5) is 6.64. The molecule has 1 aliphatic rings. The number of rotatable bonds is 4. The van der Waals surface area contributed by atoms with Crippen LogP contribution < -0.4 is 9.64 Å². The average Bonchev–Trinajstić information content (AvgIpc) is 2.73. The van der Waals surface area contributed by atoms with Crippen LogP contribution in [0.1, 0.15) is 19.8 Å². The maximum atomic E-state index is 14.1. The number of hydrogen-bond donors (Lipinski definition) is 0. The van der Waals surface area contributed by atoms with Crippen LogP contribution in [0.3, 0.4) is 0 Å². The number of piperidine rings is 1. The van der Waals surface area contributed by atoms with Gasteiger partial charge in [0.05, 0.1) is 23.2 Å². The molecule has 0 N–H and O–H groups in total. The smallest absolute Gasteiger partial charge is 0.210 e. The van der Waals surface area contributed by atoms with E-state index >= 15 is 0 Å². The lowest BCUT2D eigenvalue weighted by Gasteiger charge is -2.34. The zero-order valence-corrected chi connectivity index (χ0v) is 17.2. The lowest BCUT2D eigenvalue weighted by molar-refractivity contribution is 0.414. The molecule has 1 fully saturated rings. The van der Waals surface area contributed by atoms with E-state index < -0.39 is 15.7 Å². The molecule has 4 rings (SSSR count). The Bertz CT molecular complexity index is 1140. The highest BCUT2D eigenvalue weighted by atomic mass is 32.2. The number of benzene rings is 2. The van der Waals surface area contributed by atoms with Gasteiger partial charge < -0.3 is 9.64 Å². The summed E-state index contributed by atoms with van der Waals surface area (Å²) in [6, 6.07) is 10.6. The van der Waals surface area contributed by atoms with Gasteiger partial charge in [-0.05, 0) is 61.2 Å². The van der Waals surface area contributed by atoms with Gasteiger partial charge in [0.25, 0.3) is 0 Å². The van der Waals surface area contributed by atoms with Crippen LogP contribution in [0.15, 0.2) is 58.5 Å². The number of anilines is 1. The molecule has 5 nitrogen and oxygen atoms in total. The van der Waals surface area contributed by atoms with Gasteiger partial charge in [-0.1, -0.05) is 6.92 Å². The minimum Gasteiger partial charge on any atom is -0.497 e. The first kappa shape index (κ1) is 19.6. The number of ether oxygens (including phenoxy) is 1. The van der Waals surface area contributed by atoms with Crippen molar-refractivity contribution >= 4 is 26.4 Å². The highest BCUT2D eigenvalue weighted by Gasteiger charge is 2.28. The summed E-state index contributed by atoms with van der Waals surface area (Å²) in [6.07, 6.45) is 3.31. The summed E-state index contributed by atoms with van der Waals surface area (Å²) >= 11 is 0. The van der Waals surface area contributed by atoms with E-state index in [9.17, 15) is 12.8 Å². The van der Waals surface area contributed by atoms with Crippen molar-refractivity contribution in [3.8, 4) is 5.75 Å². The summed E-state index contributed by atoms with van der Waals surface area (Å²) < 4.78 is 46.2. The van der Waals surface area contributed by atoms with E-state index in [1.54, 1.807) is 18.2 Å². The average molecular weight is 415 g/mol. The molecule has 0 radical (unpaired) electrons. The molecule has 29 heavy (non-hydrogen) atoms. The van der Waals surface area contributed by atoms with Crippen molar-refractivity contribution in [3.63, 3.8) is 0 Å². The standard InChI is InChI=1S/C22H23FN2O3S/c1-15-9-11-25(12-10-15)22-19-13-16(23)3-8-20(19)24-14-21(22)29(26,27)18-6-4-17(28-2)5-7-18/h3-8,13-15H,9-12H2,1-2H3. The minimum absolute atomic E-state index is 0.107. The van der Waals surface area contributed by atoms with Crippen LogP contribution in [-0.4, -0.2) is 33.6 Å². The number of sulfone groups is 1. The van der Waals surface area contributed by atoms with E-state index in [2.05, 4.69) is 16.8 Å². The van der Waals surface area contributed by atoms with Crippen LogP contribution in [0.4, 0.5) is 10.1 Å². The first-order valence-corrected chi connectivity index (χ1v) is 11.1. The van der Waals surface area contributed by atoms with E-state index in [0.717, 1.165) is 25.9 Å². The van der Waals surface area contributed by atoms with Gasteiger partial charge in [-0.15, -0.1) is 0 Å². The van der Waals surface area contributed by atoms with Crippen molar-refractivity contribution in [1.82, 2.24) is 4.98 Å². The van der Waals surface area contributed by atoms with Gasteiger partial charge in [-0.2, -0.15) is 0 Å². The molecule has 2 aromatic carbocycles. The highest BCUT2D eigenvalue weighted by Crippen LogP contribution is 2.38. The normalized spacial score (nSPS) is 15.6. The van der Waals surface area contributed by atoms with Crippen molar-refractivity contribution in [2.45, 2.75) is 29.6 Å². The molecule has 2 heterocycles. The molecule has 1 saturated heterocycles. The van der Waals surface area contributed by atoms with Crippen molar-refractivity contribution < 1.29 is 17.5 Å². The summed E-state index contributed by atoms with van der Waals surface area (Å²) in [5, 5.41) is 0.522. The number of fused-ring (bicyclic) bond motifs is 1. The Labute approximate surface area is 170 Å². The van der Waals surface area contributed by atoms with Crippen LogP contribution in [0.2, 0.25) is 0 Å². The van der Waals surface area contributed by atoms with Crippen LogP contribution in [0.25, 0.3) is 10.9 Å². The molecule has 7 heteroatoms. The van der Waals surface area contributed by atoms with Gasteiger partial charge in [0.1, 0.15) is 16.5 Å². The topological polar surface area (TPSA) is 59.5 Å². The molecular weight excluding hydrogens is 391 g/mol. The maximum absolute atomic E-state index is 14.1. The Balaban J connectivity index is 1.92. The van der Waals surface area contributed by atoms with Crippen molar-refractivity contribution in [2.24, 2.45) is 5.92 Å². The summed E-state index contributed by atoms with van der Waals surface area (Å²) in [7, 11) is -2.32. The third-order valence-corrected chi connectivity index (χ3v) is 7.30. The third-order valence-electron chi connectivity index (χ3n) is 5.53. The summed E-state index contributed by atoms with van der Waals surface area (Å²) in [5.41, 5.74) is 1.12. The fourth-order valence-corrected chi connectivity index (χ4v) is 5.20. The first-order chi connectivity index (χ1) is 13.9. The quantitative estimate of drug-likeness (QED) is 0.631. The van der Waals surface area contributed by atoms with Gasteiger partial charge >= 0.3 is 0 Å². The molecule has 0 saturated carbocycles. The van der Waals surface area contributed by atoms with E-state index in [0.29, 0.717) is 28.3 Å². The number of hydrogen-bond acceptors (Lipinski definition) is 5. The number of methoxy groups -OCH3 is 1. The molecule has 3 aromatic rings. The molecule has 152 valence electrons. The van der Waals surface area contributed by atoms with Gasteiger partial charge in [0, 0.05) is 24.7 Å². The Morgan fingerprint density at radius 1 is 1.10 bits per heavy atom. The zero-order chi connectivity index (χ0) is 20.6. The van der Waals surface area contributed by atoms with Gasteiger partial charge in [0.15, 0.2) is 0 Å². The number of halogens is 1.